The van der Waals surface area contributed by atoms with Crippen LogP contribution in [0, 0.1) is 0 Å². The second-order valence-corrected chi connectivity index (χ2v) is 4.79. The van der Waals surface area contributed by atoms with E-state index >= 15 is 0 Å². The minimum absolute atomic E-state index is 0.237. The van der Waals surface area contributed by atoms with Gasteiger partial charge in [-0.05, 0) is 0 Å². The molecule has 0 bridgehead atoms. The molecule has 0 radical (unpaired) electrons. The molecule has 0 aromatic heterocycles. The minimum atomic E-state index is -0.237. The zero-order valence-electron chi connectivity index (χ0n) is 6.33. The van der Waals surface area contributed by atoms with Gasteiger partial charge in [-0.2, -0.15) is 0 Å². The van der Waals surface area contributed by atoms with E-state index in [1.54, 1.807) is 0 Å². The first-order valence-corrected chi connectivity index (χ1v) is 5.69. The summed E-state index contributed by atoms with van der Waals surface area (Å²) in [5.41, 5.74) is 2.61. The molecule has 62 valence electrons. The third-order valence-corrected chi connectivity index (χ3v) is 4.06. The quantitative estimate of drug-likeness (QED) is 0.436. The van der Waals surface area contributed by atoms with E-state index in [1.165, 1.54) is 11.3 Å². The Morgan fingerprint density at radius 2 is 2.42 bits per heavy atom. The molecule has 3 rings (SSSR count). The maximum atomic E-state index is 5.62. The molecule has 0 saturated carbocycles. The van der Waals surface area contributed by atoms with Crippen LogP contribution < -0.4 is 28.1 Å². The Balaban J connectivity index is 2.30. The van der Waals surface area contributed by atoms with Gasteiger partial charge in [-0.3, -0.25) is 0 Å². The molecule has 2 aliphatic heterocycles. The second-order valence-electron chi connectivity index (χ2n) is 2.79. The van der Waals surface area contributed by atoms with Gasteiger partial charge in [-0.1, -0.05) is 0 Å². The Hall–Kier alpha value is -0.710. The number of nitrogens with zero attached hydrogens (tertiary/aromatic N) is 1. The molecule has 1 aromatic rings. The van der Waals surface area contributed by atoms with Crippen LogP contribution in [0.25, 0.3) is 6.08 Å². The molecule has 1 aromatic carbocycles. The molecule has 12 heavy (non-hydrogen) atoms. The van der Waals surface area contributed by atoms with Gasteiger partial charge in [0, 0.05) is 0 Å². The van der Waals surface area contributed by atoms with Gasteiger partial charge in [0.25, 0.3) is 0 Å². The van der Waals surface area contributed by atoms with Crippen LogP contribution in [0.2, 0.25) is 0 Å². The molecule has 2 nitrogen and oxygen atoms in total. The van der Waals surface area contributed by atoms with Crippen LogP contribution in [-0.2, 0) is 0 Å². The van der Waals surface area contributed by atoms with Crippen LogP contribution in [0.1, 0.15) is 5.56 Å². The van der Waals surface area contributed by atoms with Crippen molar-refractivity contribution in [2.24, 2.45) is 0 Å². The van der Waals surface area contributed by atoms with Crippen LogP contribution in [0.4, 0.5) is 5.69 Å². The summed E-state index contributed by atoms with van der Waals surface area (Å²) < 4.78 is 7.97. The molecular formula is C9H7INO-. The number of benzene rings is 1. The number of rotatable bonds is 0. The van der Waals surface area contributed by atoms with Crippen molar-refractivity contribution in [1.82, 2.24) is 0 Å². The van der Waals surface area contributed by atoms with Crippen LogP contribution in [0.5, 0.6) is 5.75 Å². The van der Waals surface area contributed by atoms with E-state index in [2.05, 4.69) is 33.5 Å². The third-order valence-electron chi connectivity index (χ3n) is 2.04. The normalized spacial score (nSPS) is 18.2. The van der Waals surface area contributed by atoms with Crippen LogP contribution in [0.15, 0.2) is 24.3 Å². The molecule has 0 atom stereocenters. The fourth-order valence-corrected chi connectivity index (χ4v) is 3.41. The molecule has 0 fully saturated rings. The third kappa shape index (κ3) is 0.798. The van der Waals surface area contributed by atoms with Gasteiger partial charge < -0.3 is 0 Å². The summed E-state index contributed by atoms with van der Waals surface area (Å²) in [7, 11) is 0. The number of para-hydroxylation sites is 1. The van der Waals surface area contributed by atoms with Gasteiger partial charge in [-0.15, -0.1) is 0 Å². The van der Waals surface area contributed by atoms with Crippen molar-refractivity contribution in [3.63, 3.8) is 0 Å². The van der Waals surface area contributed by atoms with E-state index in [9.17, 15) is 0 Å². The van der Waals surface area contributed by atoms with E-state index in [1.807, 2.05) is 0 Å². The van der Waals surface area contributed by atoms with Crippen molar-refractivity contribution >= 4 is 11.8 Å². The first-order chi connectivity index (χ1) is 5.95. The van der Waals surface area contributed by atoms with Crippen molar-refractivity contribution in [2.45, 2.75) is 0 Å². The van der Waals surface area contributed by atoms with Gasteiger partial charge >= 0.3 is 82.0 Å². The van der Waals surface area contributed by atoms with Crippen molar-refractivity contribution in [3.8, 4) is 5.75 Å². The molecule has 0 N–H and O–H groups in total. The number of hydrogen-bond donors (Lipinski definition) is 0. The Labute approximate surface area is 82.0 Å². The van der Waals surface area contributed by atoms with Crippen LogP contribution >= 0.6 is 0 Å². The summed E-state index contributed by atoms with van der Waals surface area (Å²) in [5.74, 6) is 1.07. The summed E-state index contributed by atoms with van der Waals surface area (Å²) in [6.45, 7) is 1.03. The van der Waals surface area contributed by atoms with Gasteiger partial charge in [0.2, 0.25) is 0 Å². The van der Waals surface area contributed by atoms with E-state index in [0.717, 1.165) is 12.3 Å². The molecule has 0 unspecified atom stereocenters. The zero-order chi connectivity index (χ0) is 7.97. The molecule has 0 saturated heterocycles. The molecule has 2 heterocycles. The van der Waals surface area contributed by atoms with Crippen LogP contribution in [0.3, 0.4) is 0 Å². The Bertz CT molecular complexity index is 362. The molecule has 0 aliphatic carbocycles. The van der Waals surface area contributed by atoms with E-state index < -0.39 is 0 Å². The van der Waals surface area contributed by atoms with Crippen molar-refractivity contribution in [1.29, 1.82) is 0 Å². The summed E-state index contributed by atoms with van der Waals surface area (Å²) in [6.07, 6.45) is 4.37. The van der Waals surface area contributed by atoms with E-state index in [4.69, 9.17) is 3.07 Å². The van der Waals surface area contributed by atoms with Gasteiger partial charge in [0.05, 0.1) is 0 Å². The number of anilines is 1. The monoisotopic (exact) mass is 272 g/mol. The van der Waals surface area contributed by atoms with Gasteiger partial charge in [0.15, 0.2) is 0 Å². The Morgan fingerprint density at radius 3 is 3.42 bits per heavy atom. The number of halogens is 1. The summed E-state index contributed by atoms with van der Waals surface area (Å²) in [6, 6.07) is 6.24. The second kappa shape index (κ2) is 2.39. The summed E-state index contributed by atoms with van der Waals surface area (Å²) in [4.78, 5) is 0. The first kappa shape index (κ1) is 6.77. The molecular weight excluding hydrogens is 265 g/mol. The predicted octanol–water partition coefficient (Wildman–Crippen LogP) is -1.17. The summed E-state index contributed by atoms with van der Waals surface area (Å²) in [5, 5.41) is 0. The first-order valence-electron chi connectivity index (χ1n) is 3.84. The van der Waals surface area contributed by atoms with E-state index in [0.29, 0.717) is 0 Å². The van der Waals surface area contributed by atoms with E-state index in [-0.39, 0.29) is 21.9 Å². The zero-order valence-corrected chi connectivity index (χ0v) is 8.48. The topological polar surface area (TPSA) is 12.5 Å². The van der Waals surface area contributed by atoms with Crippen molar-refractivity contribution < 1.29 is 25.0 Å². The molecule has 3 heteroatoms. The van der Waals surface area contributed by atoms with Crippen LogP contribution in [-0.4, -0.2) is 6.54 Å². The molecule has 0 amide bonds. The average molecular weight is 272 g/mol. The fourth-order valence-electron chi connectivity index (χ4n) is 1.50. The standard InChI is InChI=1S/C9H7INO/c1-3-7-4-2-6-11-9(7)8(5-1)12-10-11/h1-5H,6H2/q-1. The maximum absolute atomic E-state index is 5.62. The van der Waals surface area contributed by atoms with Gasteiger partial charge in [-0.25, -0.2) is 0 Å². The van der Waals surface area contributed by atoms with Crippen molar-refractivity contribution in [3.05, 3.63) is 29.8 Å². The molecule has 0 spiro atoms. The van der Waals surface area contributed by atoms with Gasteiger partial charge in [0.1, 0.15) is 0 Å². The SMILES string of the molecule is C1=Cc2cccc3c2N(C1)[I-]O3. The number of hydrogen-bond acceptors (Lipinski definition) is 2. The Kier molecular flexibility index (Phi) is 1.35. The fraction of sp³-hybridized carbons (Fsp3) is 0.111. The Morgan fingerprint density at radius 1 is 1.42 bits per heavy atom. The van der Waals surface area contributed by atoms with Crippen molar-refractivity contribution in [2.75, 3.05) is 9.66 Å². The molecule has 2 aliphatic rings. The summed E-state index contributed by atoms with van der Waals surface area (Å²) >= 11 is -0.237. The predicted molar refractivity (Wildman–Crippen MR) is 43.5 cm³/mol. The average Bonchev–Trinajstić information content (AvgIpc) is 2.52.